The molecule has 5 heteroatoms. The summed E-state index contributed by atoms with van der Waals surface area (Å²) < 4.78 is 5.83. The lowest BCUT2D eigenvalue weighted by atomic mass is 9.84. The average Bonchev–Trinajstić information content (AvgIpc) is 2.55. The second-order valence-corrected chi connectivity index (χ2v) is 6.24. The number of hydrogen-bond donors (Lipinski definition) is 2. The van der Waals surface area contributed by atoms with Crippen molar-refractivity contribution in [2.45, 2.75) is 25.0 Å². The van der Waals surface area contributed by atoms with E-state index < -0.39 is 6.10 Å². The first-order valence-corrected chi connectivity index (χ1v) is 7.82. The summed E-state index contributed by atoms with van der Waals surface area (Å²) in [6.07, 6.45) is 1.98. The lowest BCUT2D eigenvalue weighted by Gasteiger charge is -2.45. The number of benzene rings is 1. The molecular weight excluding hydrogens is 266 g/mol. The van der Waals surface area contributed by atoms with Crippen molar-refractivity contribution in [1.29, 1.82) is 0 Å². The van der Waals surface area contributed by atoms with Crippen molar-refractivity contribution in [3.05, 3.63) is 24.3 Å². The Morgan fingerprint density at radius 3 is 2.86 bits per heavy atom. The van der Waals surface area contributed by atoms with E-state index in [9.17, 15) is 4.79 Å². The van der Waals surface area contributed by atoms with Gasteiger partial charge in [-0.1, -0.05) is 12.1 Å². The van der Waals surface area contributed by atoms with Crippen molar-refractivity contribution in [3.63, 3.8) is 0 Å². The summed E-state index contributed by atoms with van der Waals surface area (Å²) in [5.74, 6) is 1.41. The molecule has 112 valence electrons. The highest BCUT2D eigenvalue weighted by atomic mass is 16.5. The molecule has 0 radical (unpaired) electrons. The highest BCUT2D eigenvalue weighted by Gasteiger charge is 2.36. The molecule has 1 aromatic rings. The number of rotatable bonds is 2. The zero-order valence-corrected chi connectivity index (χ0v) is 12.0. The van der Waals surface area contributed by atoms with Crippen LogP contribution in [0.3, 0.4) is 0 Å². The van der Waals surface area contributed by atoms with Gasteiger partial charge in [0.2, 0.25) is 0 Å². The number of fused-ring (bicyclic) bond motifs is 4. The normalized spacial score (nSPS) is 33.5. The van der Waals surface area contributed by atoms with Gasteiger partial charge in [-0.3, -0.25) is 4.79 Å². The molecule has 4 heterocycles. The number of hydrogen-bond acceptors (Lipinski definition) is 4. The van der Waals surface area contributed by atoms with Crippen LogP contribution in [-0.2, 0) is 4.79 Å². The largest absolute Gasteiger partial charge is 0.477 e. The molecule has 5 rings (SSSR count). The molecule has 0 saturated carbocycles. The van der Waals surface area contributed by atoms with Crippen molar-refractivity contribution < 1.29 is 9.53 Å². The molecule has 2 bridgehead atoms. The van der Waals surface area contributed by atoms with Gasteiger partial charge in [0.15, 0.2) is 6.10 Å². The number of nitrogens with one attached hydrogen (secondary N) is 2. The van der Waals surface area contributed by atoms with Gasteiger partial charge < -0.3 is 20.3 Å². The van der Waals surface area contributed by atoms with E-state index in [0.717, 1.165) is 18.0 Å². The van der Waals surface area contributed by atoms with Crippen LogP contribution in [0.15, 0.2) is 24.3 Å². The van der Waals surface area contributed by atoms with Crippen molar-refractivity contribution in [3.8, 4) is 5.75 Å². The van der Waals surface area contributed by atoms with Gasteiger partial charge in [0.05, 0.1) is 12.2 Å². The van der Waals surface area contributed by atoms with Crippen molar-refractivity contribution in [2.75, 3.05) is 31.5 Å². The van der Waals surface area contributed by atoms with Gasteiger partial charge in [0, 0.05) is 12.6 Å². The molecule has 2 unspecified atom stereocenters. The number of amides is 1. The fourth-order valence-electron chi connectivity index (χ4n) is 3.66. The lowest BCUT2D eigenvalue weighted by molar-refractivity contribution is -0.129. The molecule has 4 aliphatic rings. The molecule has 0 aliphatic carbocycles. The van der Waals surface area contributed by atoms with E-state index >= 15 is 0 Å². The topological polar surface area (TPSA) is 53.6 Å². The van der Waals surface area contributed by atoms with Gasteiger partial charge in [0.1, 0.15) is 5.75 Å². The molecule has 0 spiro atoms. The quantitative estimate of drug-likeness (QED) is 0.854. The smallest absolute Gasteiger partial charge is 0.263 e. The number of nitrogens with zero attached hydrogens (tertiary/aromatic N) is 1. The van der Waals surface area contributed by atoms with E-state index in [0.29, 0.717) is 18.5 Å². The van der Waals surface area contributed by atoms with Gasteiger partial charge in [0.25, 0.3) is 5.91 Å². The van der Waals surface area contributed by atoms with Gasteiger partial charge >= 0.3 is 0 Å². The summed E-state index contributed by atoms with van der Waals surface area (Å²) in [5, 5.41) is 6.47. The monoisotopic (exact) mass is 287 g/mol. The van der Waals surface area contributed by atoms with Crippen LogP contribution in [0.2, 0.25) is 0 Å². The summed E-state index contributed by atoms with van der Waals surface area (Å²) in [6.45, 7) is 3.90. The van der Waals surface area contributed by atoms with E-state index in [4.69, 9.17) is 4.74 Å². The molecule has 0 aromatic heterocycles. The first-order chi connectivity index (χ1) is 10.3. The first-order valence-electron chi connectivity index (χ1n) is 7.82. The Morgan fingerprint density at radius 2 is 2.10 bits per heavy atom. The van der Waals surface area contributed by atoms with E-state index in [1.807, 2.05) is 24.3 Å². The first kappa shape index (κ1) is 13.0. The molecular formula is C16H21N3O2. The fourth-order valence-corrected chi connectivity index (χ4v) is 3.66. The number of carbonyl (C=O) groups is 1. The van der Waals surface area contributed by atoms with Crippen LogP contribution in [-0.4, -0.2) is 49.1 Å². The molecule has 2 N–H and O–H groups in total. The van der Waals surface area contributed by atoms with Gasteiger partial charge in [-0.15, -0.1) is 0 Å². The van der Waals surface area contributed by atoms with Crippen LogP contribution in [0, 0.1) is 5.92 Å². The van der Waals surface area contributed by atoms with Crippen LogP contribution in [0.25, 0.3) is 0 Å². The van der Waals surface area contributed by atoms with E-state index in [-0.39, 0.29) is 5.91 Å². The Morgan fingerprint density at radius 1 is 1.29 bits per heavy atom. The third-order valence-electron chi connectivity index (χ3n) is 4.91. The maximum absolute atomic E-state index is 12.5. The number of carbonyl (C=O) groups excluding carboxylic acids is 1. The minimum atomic E-state index is -0.435. The molecule has 3 fully saturated rings. The highest BCUT2D eigenvalue weighted by Crippen LogP contribution is 2.30. The number of piperidine rings is 3. The average molecular weight is 287 g/mol. The number of anilines is 1. The Kier molecular flexibility index (Phi) is 3.22. The third-order valence-corrected chi connectivity index (χ3v) is 4.91. The maximum atomic E-state index is 12.5. The van der Waals surface area contributed by atoms with Crippen molar-refractivity contribution >= 4 is 11.6 Å². The van der Waals surface area contributed by atoms with Crippen LogP contribution < -0.4 is 15.4 Å². The molecule has 5 nitrogen and oxygen atoms in total. The number of para-hydroxylation sites is 2. The Balaban J connectivity index is 1.40. The second kappa shape index (κ2) is 5.22. The predicted molar refractivity (Wildman–Crippen MR) is 80.4 cm³/mol. The summed E-state index contributed by atoms with van der Waals surface area (Å²) in [6, 6.07) is 8.05. The summed E-state index contributed by atoms with van der Waals surface area (Å²) in [7, 11) is 0. The third kappa shape index (κ3) is 2.46. The molecule has 3 saturated heterocycles. The second-order valence-electron chi connectivity index (χ2n) is 6.24. The van der Waals surface area contributed by atoms with Gasteiger partial charge in [-0.2, -0.15) is 0 Å². The summed E-state index contributed by atoms with van der Waals surface area (Å²) in [5.41, 5.74) is 0.962. The highest BCUT2D eigenvalue weighted by molar-refractivity contribution is 5.83. The van der Waals surface area contributed by atoms with Crippen LogP contribution in [0.1, 0.15) is 12.8 Å². The number of ether oxygens (including phenoxy) is 1. The minimum absolute atomic E-state index is 0.00996. The standard InChI is InChI=1S/C16H21N3O2/c20-16(18-13-10-19-7-5-11(13)6-8-19)15-9-17-12-3-1-2-4-14(12)21-15/h1-4,11,13,15,17H,5-10H2,(H,18,20). The van der Waals surface area contributed by atoms with Crippen LogP contribution in [0.4, 0.5) is 5.69 Å². The minimum Gasteiger partial charge on any atom is -0.477 e. The maximum Gasteiger partial charge on any atom is 0.263 e. The molecule has 4 aliphatic heterocycles. The Labute approximate surface area is 124 Å². The summed E-state index contributed by atoms with van der Waals surface area (Å²) in [4.78, 5) is 14.9. The van der Waals surface area contributed by atoms with Gasteiger partial charge in [-0.25, -0.2) is 0 Å². The fraction of sp³-hybridized carbons (Fsp3) is 0.562. The summed E-state index contributed by atoms with van der Waals surface area (Å²) >= 11 is 0. The Bertz CT molecular complexity index is 540. The SMILES string of the molecule is O=C(NC1CN2CCC1CC2)C1CNc2ccccc2O1. The Hall–Kier alpha value is -1.75. The lowest BCUT2D eigenvalue weighted by Crippen LogP contribution is -2.59. The predicted octanol–water partition coefficient (Wildman–Crippen LogP) is 1.07. The van der Waals surface area contributed by atoms with Crippen LogP contribution in [0.5, 0.6) is 5.75 Å². The van der Waals surface area contributed by atoms with E-state index in [1.165, 1.54) is 25.9 Å². The van der Waals surface area contributed by atoms with E-state index in [2.05, 4.69) is 15.5 Å². The molecule has 1 amide bonds. The van der Waals surface area contributed by atoms with Crippen LogP contribution >= 0.6 is 0 Å². The van der Waals surface area contributed by atoms with Crippen molar-refractivity contribution in [2.24, 2.45) is 5.92 Å². The molecule has 1 aromatic carbocycles. The van der Waals surface area contributed by atoms with Crippen molar-refractivity contribution in [1.82, 2.24) is 10.2 Å². The zero-order chi connectivity index (χ0) is 14.2. The van der Waals surface area contributed by atoms with E-state index in [1.54, 1.807) is 0 Å². The zero-order valence-electron chi connectivity index (χ0n) is 12.0. The molecule has 21 heavy (non-hydrogen) atoms. The van der Waals surface area contributed by atoms with Gasteiger partial charge in [-0.05, 0) is 44.0 Å². The molecule has 2 atom stereocenters.